The molecule has 0 aliphatic heterocycles. The maximum absolute atomic E-state index is 3.65. The molecule has 0 N–H and O–H groups in total. The molecule has 0 radical (unpaired) electrons. The van der Waals surface area contributed by atoms with Crippen LogP contribution in [0.25, 0.3) is 0 Å². The highest BCUT2D eigenvalue weighted by Gasteiger charge is 2.27. The Balaban J connectivity index is 1.72. The molecule has 2 heteroatoms. The maximum Gasteiger partial charge on any atom is 0.0159 e. The number of rotatable bonds is 5. The standard InChI is InChI=1S/C18H26BrN/c19-12-13-20(17-9-2-3-10-17)14-16-8-5-7-15-6-1-4-11-18(15)16/h1,4,6,11,16-17H,2-3,5,7-10,12-14H2. The van der Waals surface area contributed by atoms with Crippen molar-refractivity contribution in [2.24, 2.45) is 0 Å². The summed E-state index contributed by atoms with van der Waals surface area (Å²) in [7, 11) is 0. The molecule has 1 unspecified atom stereocenters. The summed E-state index contributed by atoms with van der Waals surface area (Å²) in [6.45, 7) is 2.48. The Labute approximate surface area is 131 Å². The Kier molecular flexibility index (Phi) is 5.17. The van der Waals surface area contributed by atoms with Gasteiger partial charge in [0.15, 0.2) is 0 Å². The molecule has 1 atom stereocenters. The molecule has 1 aromatic rings. The molecule has 110 valence electrons. The quantitative estimate of drug-likeness (QED) is 0.702. The van der Waals surface area contributed by atoms with Crippen molar-refractivity contribution in [1.82, 2.24) is 4.90 Å². The van der Waals surface area contributed by atoms with Crippen LogP contribution in [0.5, 0.6) is 0 Å². The topological polar surface area (TPSA) is 3.24 Å². The molecule has 0 amide bonds. The van der Waals surface area contributed by atoms with E-state index in [2.05, 4.69) is 45.1 Å². The van der Waals surface area contributed by atoms with E-state index in [1.54, 1.807) is 11.1 Å². The van der Waals surface area contributed by atoms with Gasteiger partial charge in [-0.15, -0.1) is 0 Å². The molecule has 1 saturated carbocycles. The minimum absolute atomic E-state index is 0.764. The molecule has 2 aliphatic rings. The van der Waals surface area contributed by atoms with Gasteiger partial charge in [-0.1, -0.05) is 53.0 Å². The van der Waals surface area contributed by atoms with Crippen LogP contribution < -0.4 is 0 Å². The van der Waals surface area contributed by atoms with E-state index in [0.29, 0.717) is 0 Å². The van der Waals surface area contributed by atoms with Crippen molar-refractivity contribution in [1.29, 1.82) is 0 Å². The number of halogens is 1. The molecule has 0 saturated heterocycles. The van der Waals surface area contributed by atoms with Crippen molar-refractivity contribution >= 4 is 15.9 Å². The highest BCUT2D eigenvalue weighted by atomic mass is 79.9. The second kappa shape index (κ2) is 7.09. The Morgan fingerprint density at radius 3 is 2.65 bits per heavy atom. The Morgan fingerprint density at radius 1 is 1.05 bits per heavy atom. The van der Waals surface area contributed by atoms with E-state index in [4.69, 9.17) is 0 Å². The number of hydrogen-bond donors (Lipinski definition) is 0. The lowest BCUT2D eigenvalue weighted by atomic mass is 9.82. The van der Waals surface area contributed by atoms with E-state index in [-0.39, 0.29) is 0 Å². The van der Waals surface area contributed by atoms with Crippen LogP contribution in [-0.2, 0) is 6.42 Å². The van der Waals surface area contributed by atoms with Crippen molar-refractivity contribution in [3.05, 3.63) is 35.4 Å². The first kappa shape index (κ1) is 14.6. The fourth-order valence-electron chi connectivity index (χ4n) is 4.13. The minimum Gasteiger partial charge on any atom is -0.299 e. The van der Waals surface area contributed by atoms with Gasteiger partial charge in [0.2, 0.25) is 0 Å². The summed E-state index contributed by atoms with van der Waals surface area (Å²) in [5, 5.41) is 1.11. The predicted octanol–water partition coefficient (Wildman–Crippen LogP) is 4.75. The largest absolute Gasteiger partial charge is 0.299 e. The zero-order chi connectivity index (χ0) is 13.8. The lowest BCUT2D eigenvalue weighted by Crippen LogP contribution is -2.38. The van der Waals surface area contributed by atoms with Crippen molar-refractivity contribution < 1.29 is 0 Å². The van der Waals surface area contributed by atoms with E-state index in [1.807, 2.05) is 0 Å². The van der Waals surface area contributed by atoms with Gasteiger partial charge in [-0.05, 0) is 49.1 Å². The molecule has 1 nitrogen and oxygen atoms in total. The summed E-state index contributed by atoms with van der Waals surface area (Å²) in [5.41, 5.74) is 3.24. The Morgan fingerprint density at radius 2 is 1.85 bits per heavy atom. The third-order valence-corrected chi connectivity index (χ3v) is 5.52. The third kappa shape index (κ3) is 3.28. The maximum atomic E-state index is 3.65. The smallest absolute Gasteiger partial charge is 0.0159 e. The number of alkyl halides is 1. The molecule has 0 heterocycles. The summed E-state index contributed by atoms with van der Waals surface area (Å²) >= 11 is 3.65. The fourth-order valence-corrected chi connectivity index (χ4v) is 4.58. The zero-order valence-corrected chi connectivity index (χ0v) is 13.9. The minimum atomic E-state index is 0.764. The lowest BCUT2D eigenvalue weighted by molar-refractivity contribution is 0.192. The van der Waals surface area contributed by atoms with Gasteiger partial charge in [0.25, 0.3) is 0 Å². The normalized spacial score (nSPS) is 23.2. The summed E-state index contributed by atoms with van der Waals surface area (Å²) in [4.78, 5) is 2.77. The van der Waals surface area contributed by atoms with E-state index in [0.717, 1.165) is 17.3 Å². The average molecular weight is 336 g/mol. The molecule has 0 spiro atoms. The lowest BCUT2D eigenvalue weighted by Gasteiger charge is -2.34. The summed E-state index contributed by atoms with van der Waals surface area (Å²) in [6, 6.07) is 9.99. The second-order valence-electron chi connectivity index (χ2n) is 6.41. The fraction of sp³-hybridized carbons (Fsp3) is 0.667. The molecular weight excluding hydrogens is 310 g/mol. The highest BCUT2D eigenvalue weighted by molar-refractivity contribution is 9.09. The van der Waals surface area contributed by atoms with Gasteiger partial charge in [-0.3, -0.25) is 4.90 Å². The molecule has 0 aromatic heterocycles. The van der Waals surface area contributed by atoms with Gasteiger partial charge in [0.05, 0.1) is 0 Å². The van der Waals surface area contributed by atoms with Crippen LogP contribution in [0.1, 0.15) is 55.6 Å². The van der Waals surface area contributed by atoms with Crippen molar-refractivity contribution in [2.75, 3.05) is 18.4 Å². The van der Waals surface area contributed by atoms with Gasteiger partial charge in [-0.2, -0.15) is 0 Å². The number of benzene rings is 1. The van der Waals surface area contributed by atoms with E-state index >= 15 is 0 Å². The third-order valence-electron chi connectivity index (χ3n) is 5.16. The van der Waals surface area contributed by atoms with Crippen molar-refractivity contribution in [3.8, 4) is 0 Å². The molecule has 0 bridgehead atoms. The number of hydrogen-bond acceptors (Lipinski definition) is 1. The van der Waals surface area contributed by atoms with E-state index in [1.165, 1.54) is 58.0 Å². The van der Waals surface area contributed by atoms with Crippen LogP contribution in [0.15, 0.2) is 24.3 Å². The summed E-state index contributed by atoms with van der Waals surface area (Å²) in [5.74, 6) is 0.764. The Bertz CT molecular complexity index is 425. The van der Waals surface area contributed by atoms with Gasteiger partial charge >= 0.3 is 0 Å². The van der Waals surface area contributed by atoms with Crippen LogP contribution in [0.2, 0.25) is 0 Å². The van der Waals surface area contributed by atoms with Gasteiger partial charge in [0.1, 0.15) is 0 Å². The zero-order valence-electron chi connectivity index (χ0n) is 12.4. The second-order valence-corrected chi connectivity index (χ2v) is 7.20. The first-order valence-corrected chi connectivity index (χ1v) is 9.38. The first-order chi connectivity index (χ1) is 9.88. The van der Waals surface area contributed by atoms with Crippen molar-refractivity contribution in [2.45, 2.75) is 56.9 Å². The van der Waals surface area contributed by atoms with Crippen LogP contribution >= 0.6 is 15.9 Å². The van der Waals surface area contributed by atoms with Crippen molar-refractivity contribution in [3.63, 3.8) is 0 Å². The van der Waals surface area contributed by atoms with Gasteiger partial charge < -0.3 is 0 Å². The summed E-state index contributed by atoms with van der Waals surface area (Å²) < 4.78 is 0. The molecule has 20 heavy (non-hydrogen) atoms. The number of fused-ring (bicyclic) bond motifs is 1. The molecule has 1 fully saturated rings. The van der Waals surface area contributed by atoms with Gasteiger partial charge in [-0.25, -0.2) is 0 Å². The van der Waals surface area contributed by atoms with E-state index < -0.39 is 0 Å². The predicted molar refractivity (Wildman–Crippen MR) is 89.7 cm³/mol. The monoisotopic (exact) mass is 335 g/mol. The number of nitrogens with zero attached hydrogens (tertiary/aromatic N) is 1. The van der Waals surface area contributed by atoms with Crippen LogP contribution in [0.3, 0.4) is 0 Å². The van der Waals surface area contributed by atoms with Crippen LogP contribution in [0, 0.1) is 0 Å². The molecule has 3 rings (SSSR count). The first-order valence-electron chi connectivity index (χ1n) is 8.26. The molecular formula is C18H26BrN. The van der Waals surface area contributed by atoms with Crippen LogP contribution in [0.4, 0.5) is 0 Å². The number of aryl methyl sites for hydroxylation is 1. The van der Waals surface area contributed by atoms with Crippen LogP contribution in [-0.4, -0.2) is 29.4 Å². The summed E-state index contributed by atoms with van der Waals surface area (Å²) in [6.07, 6.45) is 9.74. The SMILES string of the molecule is BrCCN(CC1CCCc2ccccc21)C1CCCC1. The average Bonchev–Trinajstić information content (AvgIpc) is 3.01. The van der Waals surface area contributed by atoms with Gasteiger partial charge in [0, 0.05) is 24.5 Å². The molecule has 1 aromatic carbocycles. The highest BCUT2D eigenvalue weighted by Crippen LogP contribution is 2.34. The van der Waals surface area contributed by atoms with E-state index in [9.17, 15) is 0 Å². The molecule has 2 aliphatic carbocycles. The Hall–Kier alpha value is -0.340.